The highest BCUT2D eigenvalue weighted by Crippen LogP contribution is 2.30. The Kier molecular flexibility index (Phi) is 5.07. The van der Waals surface area contributed by atoms with E-state index >= 15 is 0 Å². The minimum atomic E-state index is -0.0358. The average Bonchev–Trinajstić information content (AvgIpc) is 3.26. The van der Waals surface area contributed by atoms with Gasteiger partial charge in [-0.3, -0.25) is 4.79 Å². The van der Waals surface area contributed by atoms with E-state index in [2.05, 4.69) is 15.5 Å². The maximum absolute atomic E-state index is 12.7. The normalized spacial score (nSPS) is 11.5. The van der Waals surface area contributed by atoms with Gasteiger partial charge in [0.2, 0.25) is 10.9 Å². The molecule has 0 radical (unpaired) electrons. The van der Waals surface area contributed by atoms with Gasteiger partial charge in [0.15, 0.2) is 0 Å². The number of nitrogens with zero attached hydrogens (tertiary/aromatic N) is 5. The minimum Gasteiger partial charge on any atom is -0.382 e. The highest BCUT2D eigenvalue weighted by atomic mass is 32.2. The zero-order chi connectivity index (χ0) is 16.9. The zero-order valence-corrected chi connectivity index (χ0v) is 14.8. The van der Waals surface area contributed by atoms with Gasteiger partial charge in [0.1, 0.15) is 0 Å². The third-order valence-electron chi connectivity index (χ3n) is 2.99. The maximum Gasteiger partial charge on any atom is 0.219 e. The van der Waals surface area contributed by atoms with E-state index in [9.17, 15) is 4.79 Å². The average molecular weight is 357 g/mol. The van der Waals surface area contributed by atoms with E-state index in [-0.39, 0.29) is 5.78 Å². The Hall–Kier alpha value is -2.45. The first-order valence-corrected chi connectivity index (χ1v) is 8.83. The summed E-state index contributed by atoms with van der Waals surface area (Å²) in [6.45, 7) is 0. The molecule has 0 fully saturated rings. The number of aromatic nitrogens is 4. The maximum atomic E-state index is 12.7. The first kappa shape index (κ1) is 16.4. The Labute approximate surface area is 147 Å². The molecule has 2 aromatic heterocycles. The molecule has 0 saturated heterocycles. The van der Waals surface area contributed by atoms with Crippen LogP contribution in [0.5, 0.6) is 0 Å². The number of Topliss-reactive ketones (excluding diaryl/α,β-unsaturated/α-hetero) is 1. The number of allylic oxidation sites excluding steroid dienone is 1. The van der Waals surface area contributed by atoms with Gasteiger partial charge in [-0.15, -0.1) is 16.4 Å². The lowest BCUT2D eigenvalue weighted by Gasteiger charge is -2.10. The second kappa shape index (κ2) is 7.41. The number of thioether (sulfide) groups is 1. The fraction of sp³-hybridized carbons (Fsp3) is 0.125. The Bertz CT molecular complexity index is 841. The number of carbonyl (C=O) groups is 1. The Morgan fingerprint density at radius 2 is 2.00 bits per heavy atom. The summed E-state index contributed by atoms with van der Waals surface area (Å²) in [5.74, 6) is -0.0358. The van der Waals surface area contributed by atoms with Gasteiger partial charge in [0.25, 0.3) is 0 Å². The number of ketones is 1. The van der Waals surface area contributed by atoms with E-state index in [0.717, 1.165) is 5.69 Å². The van der Waals surface area contributed by atoms with Crippen molar-refractivity contribution in [3.63, 3.8) is 0 Å². The van der Waals surface area contributed by atoms with Gasteiger partial charge in [0, 0.05) is 20.3 Å². The molecule has 0 unspecified atom stereocenters. The summed E-state index contributed by atoms with van der Waals surface area (Å²) >= 11 is 2.67. The number of benzene rings is 1. The molecule has 0 spiro atoms. The fourth-order valence-corrected chi connectivity index (χ4v) is 3.68. The number of carbonyl (C=O) groups excluding carboxylic acids is 1. The second-order valence-corrected chi connectivity index (χ2v) is 7.03. The smallest absolute Gasteiger partial charge is 0.219 e. The molecule has 8 heteroatoms. The molecule has 0 saturated carbocycles. The summed E-state index contributed by atoms with van der Waals surface area (Å²) in [5, 5.41) is 14.3. The number of tetrazole rings is 1. The van der Waals surface area contributed by atoms with Crippen molar-refractivity contribution in [3.05, 3.63) is 63.8 Å². The van der Waals surface area contributed by atoms with E-state index in [1.807, 2.05) is 66.8 Å². The number of para-hydroxylation sites is 1. The molecule has 24 heavy (non-hydrogen) atoms. The molecule has 0 aliphatic rings. The molecule has 0 atom stereocenters. The monoisotopic (exact) mass is 357 g/mol. The summed E-state index contributed by atoms with van der Waals surface area (Å²) in [6.07, 6.45) is 1.79. The van der Waals surface area contributed by atoms with E-state index < -0.39 is 0 Å². The molecular weight excluding hydrogens is 342 g/mol. The standard InChI is InChI=1S/C16H15N5OS2/c1-20(2)11-14(15(22)13-9-6-10-23-13)24-16-17-18-19-21(16)12-7-4-3-5-8-12/h3-11H,1-2H3/b14-11-. The highest BCUT2D eigenvalue weighted by Gasteiger charge is 2.19. The van der Waals surface area contributed by atoms with Crippen LogP contribution in [-0.2, 0) is 0 Å². The zero-order valence-electron chi connectivity index (χ0n) is 13.2. The van der Waals surface area contributed by atoms with Crippen molar-refractivity contribution < 1.29 is 4.79 Å². The second-order valence-electron chi connectivity index (χ2n) is 5.07. The van der Waals surface area contributed by atoms with Crippen LogP contribution in [0, 0.1) is 0 Å². The number of thiophene rings is 1. The summed E-state index contributed by atoms with van der Waals surface area (Å²) in [5.41, 5.74) is 0.845. The van der Waals surface area contributed by atoms with E-state index in [0.29, 0.717) is 14.9 Å². The lowest BCUT2D eigenvalue weighted by molar-refractivity contribution is 0.104. The van der Waals surface area contributed by atoms with Crippen LogP contribution in [0.25, 0.3) is 5.69 Å². The molecule has 3 aromatic rings. The van der Waals surface area contributed by atoms with Crippen LogP contribution in [-0.4, -0.2) is 45.0 Å². The van der Waals surface area contributed by atoms with Crippen LogP contribution in [0.15, 0.2) is 64.1 Å². The van der Waals surface area contributed by atoms with Crippen LogP contribution in [0.4, 0.5) is 0 Å². The van der Waals surface area contributed by atoms with Crippen LogP contribution in [0.3, 0.4) is 0 Å². The fourth-order valence-electron chi connectivity index (χ4n) is 1.97. The third kappa shape index (κ3) is 3.72. The van der Waals surface area contributed by atoms with Crippen molar-refractivity contribution in [1.82, 2.24) is 25.1 Å². The molecule has 2 heterocycles. The van der Waals surface area contributed by atoms with Gasteiger partial charge in [0.05, 0.1) is 15.5 Å². The van der Waals surface area contributed by atoms with Crippen molar-refractivity contribution >= 4 is 28.9 Å². The Morgan fingerprint density at radius 3 is 2.67 bits per heavy atom. The molecule has 1 aromatic carbocycles. The van der Waals surface area contributed by atoms with E-state index in [4.69, 9.17) is 0 Å². The van der Waals surface area contributed by atoms with Gasteiger partial charge < -0.3 is 4.90 Å². The van der Waals surface area contributed by atoms with Gasteiger partial charge in [-0.1, -0.05) is 24.3 Å². The first-order chi connectivity index (χ1) is 11.6. The van der Waals surface area contributed by atoms with E-state index in [1.54, 1.807) is 10.9 Å². The van der Waals surface area contributed by atoms with Gasteiger partial charge in [-0.25, -0.2) is 0 Å². The Balaban J connectivity index is 1.92. The molecule has 0 amide bonds. The lowest BCUT2D eigenvalue weighted by Crippen LogP contribution is -2.08. The number of rotatable bonds is 6. The number of hydrogen-bond donors (Lipinski definition) is 0. The van der Waals surface area contributed by atoms with Crippen LogP contribution in [0.2, 0.25) is 0 Å². The van der Waals surface area contributed by atoms with E-state index in [1.165, 1.54) is 23.1 Å². The summed E-state index contributed by atoms with van der Waals surface area (Å²) in [7, 11) is 3.75. The molecule has 0 bridgehead atoms. The summed E-state index contributed by atoms with van der Waals surface area (Å²) in [6, 6.07) is 13.3. The predicted octanol–water partition coefficient (Wildman–Crippen LogP) is 3.10. The third-order valence-corrected chi connectivity index (χ3v) is 4.80. The van der Waals surface area contributed by atoms with Gasteiger partial charge in [-0.05, 0) is 45.8 Å². The molecular formula is C16H15N5OS2. The molecule has 0 aliphatic heterocycles. The molecule has 6 nitrogen and oxygen atoms in total. The van der Waals surface area contributed by atoms with Crippen molar-refractivity contribution in [2.24, 2.45) is 0 Å². The van der Waals surface area contributed by atoms with Crippen molar-refractivity contribution in [2.75, 3.05) is 14.1 Å². The largest absolute Gasteiger partial charge is 0.382 e. The van der Waals surface area contributed by atoms with Crippen molar-refractivity contribution in [1.29, 1.82) is 0 Å². The topological polar surface area (TPSA) is 63.9 Å². The van der Waals surface area contributed by atoms with Crippen LogP contribution in [0.1, 0.15) is 9.67 Å². The molecule has 0 aliphatic carbocycles. The van der Waals surface area contributed by atoms with Gasteiger partial charge in [-0.2, -0.15) is 4.68 Å². The van der Waals surface area contributed by atoms with Crippen LogP contribution >= 0.6 is 23.1 Å². The SMILES string of the molecule is CN(C)/C=C(\Sc1nnnn1-c1ccccc1)C(=O)c1cccs1. The quantitative estimate of drug-likeness (QED) is 0.384. The molecule has 3 rings (SSSR count). The Morgan fingerprint density at radius 1 is 1.21 bits per heavy atom. The minimum absolute atomic E-state index is 0.0358. The number of hydrogen-bond acceptors (Lipinski definition) is 7. The predicted molar refractivity (Wildman–Crippen MR) is 95.4 cm³/mol. The highest BCUT2D eigenvalue weighted by molar-refractivity contribution is 8.03. The molecule has 0 N–H and O–H groups in total. The molecule has 122 valence electrons. The lowest BCUT2D eigenvalue weighted by atomic mass is 10.3. The van der Waals surface area contributed by atoms with Gasteiger partial charge >= 0.3 is 0 Å². The summed E-state index contributed by atoms with van der Waals surface area (Å²) in [4.78, 5) is 15.8. The van der Waals surface area contributed by atoms with Crippen molar-refractivity contribution in [3.8, 4) is 5.69 Å². The first-order valence-electron chi connectivity index (χ1n) is 7.13. The van der Waals surface area contributed by atoms with Crippen molar-refractivity contribution in [2.45, 2.75) is 5.16 Å². The summed E-state index contributed by atoms with van der Waals surface area (Å²) < 4.78 is 1.62. The van der Waals surface area contributed by atoms with Crippen LogP contribution < -0.4 is 0 Å².